The van der Waals surface area contributed by atoms with E-state index in [0.717, 1.165) is 0 Å². The van der Waals surface area contributed by atoms with Crippen molar-refractivity contribution in [2.75, 3.05) is 19.8 Å². The number of carbonyl (C=O) groups is 2. The van der Waals surface area contributed by atoms with Crippen molar-refractivity contribution in [2.24, 2.45) is 0 Å². The summed E-state index contributed by atoms with van der Waals surface area (Å²) in [5, 5.41) is 0. The molecule has 0 fully saturated rings. The predicted octanol–water partition coefficient (Wildman–Crippen LogP) is 2.38. The molecule has 0 amide bonds. The molecular weight excluding hydrogens is 343 g/mol. The number of esters is 1. The van der Waals surface area contributed by atoms with Gasteiger partial charge in [-0.25, -0.2) is 0 Å². The predicted molar refractivity (Wildman–Crippen MR) is 71.4 cm³/mol. The molecule has 6 nitrogen and oxygen atoms in total. The number of hydrogen-bond acceptors (Lipinski definition) is 6. The Morgan fingerprint density at radius 1 is 0.950 bits per heavy atom. The second-order valence-electron chi connectivity index (χ2n) is 3.97. The SMILES string of the molecule is CC(=O)CC(=O)OC(C)C.CC[O][Zr]([O]CC)[O]CC. The second kappa shape index (κ2) is 15.3. The summed E-state index contributed by atoms with van der Waals surface area (Å²) in [7, 11) is 0. The van der Waals surface area contributed by atoms with Gasteiger partial charge in [-0.1, -0.05) is 0 Å². The number of ketones is 1. The second-order valence-corrected chi connectivity index (χ2v) is 7.32. The van der Waals surface area contributed by atoms with E-state index in [2.05, 4.69) is 0 Å². The van der Waals surface area contributed by atoms with Gasteiger partial charge < -0.3 is 4.74 Å². The van der Waals surface area contributed by atoms with Crippen molar-refractivity contribution in [2.45, 2.75) is 54.1 Å². The number of rotatable bonds is 9. The Kier molecular flexibility index (Phi) is 17.0. The Balaban J connectivity index is 0. The fourth-order valence-corrected chi connectivity index (χ4v) is 3.34. The zero-order valence-corrected chi connectivity index (χ0v) is 15.8. The van der Waals surface area contributed by atoms with Crippen molar-refractivity contribution in [3.05, 3.63) is 0 Å². The summed E-state index contributed by atoms with van der Waals surface area (Å²) in [4.78, 5) is 21.0. The van der Waals surface area contributed by atoms with Crippen molar-refractivity contribution in [1.82, 2.24) is 0 Å². The number of Topliss-reactive ketones (excluding diaryl/α,β-unsaturated/α-hetero) is 1. The van der Waals surface area contributed by atoms with Gasteiger partial charge in [-0.2, -0.15) is 0 Å². The first-order chi connectivity index (χ1) is 9.37. The zero-order valence-electron chi connectivity index (χ0n) is 13.4. The third-order valence-electron chi connectivity index (χ3n) is 1.55. The van der Waals surface area contributed by atoms with Crippen LogP contribution < -0.4 is 0 Å². The number of hydrogen-bond donors (Lipinski definition) is 0. The monoisotopic (exact) mass is 369 g/mol. The molecule has 7 heteroatoms. The van der Waals surface area contributed by atoms with E-state index in [-0.39, 0.29) is 18.3 Å². The van der Waals surface area contributed by atoms with Crippen LogP contribution in [0.25, 0.3) is 0 Å². The van der Waals surface area contributed by atoms with Gasteiger partial charge in [-0.3, -0.25) is 9.59 Å². The van der Waals surface area contributed by atoms with Crippen LogP contribution in [0.2, 0.25) is 0 Å². The third-order valence-corrected chi connectivity index (χ3v) is 5.41. The van der Waals surface area contributed by atoms with E-state index in [4.69, 9.17) is 13.2 Å². The Hall–Kier alpha value is -0.0969. The third kappa shape index (κ3) is 17.9. The molecule has 0 rings (SSSR count). The molecule has 0 N–H and O–H groups in total. The molecule has 0 aromatic carbocycles. The Labute approximate surface area is 131 Å². The molecule has 0 atom stereocenters. The van der Waals surface area contributed by atoms with Gasteiger partial charge in [-0.15, -0.1) is 0 Å². The first kappa shape index (κ1) is 22.2. The van der Waals surface area contributed by atoms with Gasteiger partial charge in [0.15, 0.2) is 0 Å². The Morgan fingerprint density at radius 2 is 1.35 bits per heavy atom. The maximum atomic E-state index is 10.6. The average molecular weight is 371 g/mol. The van der Waals surface area contributed by atoms with E-state index in [1.807, 2.05) is 20.8 Å². The molecule has 0 heterocycles. The topological polar surface area (TPSA) is 71.1 Å². The van der Waals surface area contributed by atoms with Crippen LogP contribution in [0.15, 0.2) is 0 Å². The molecule has 0 spiro atoms. The summed E-state index contributed by atoms with van der Waals surface area (Å²) < 4.78 is 20.5. The van der Waals surface area contributed by atoms with Crippen LogP contribution in [0.1, 0.15) is 48.0 Å². The van der Waals surface area contributed by atoms with Crippen LogP contribution >= 0.6 is 0 Å². The fraction of sp³-hybridized carbons (Fsp3) is 0.846. The quantitative estimate of drug-likeness (QED) is 0.458. The standard InChI is InChI=1S/C7H12O3.3C2H5O.Zr/c1-5(2)10-7(9)4-6(3)8;3*1-2-3;/h5H,4H2,1-3H3;3*2H2,1H3;/q;3*-1;+3. The van der Waals surface area contributed by atoms with E-state index in [1.54, 1.807) is 13.8 Å². The van der Waals surface area contributed by atoms with Crippen molar-refractivity contribution in [3.8, 4) is 0 Å². The van der Waals surface area contributed by atoms with Gasteiger partial charge >= 0.3 is 78.1 Å². The van der Waals surface area contributed by atoms with E-state index in [9.17, 15) is 9.59 Å². The number of ether oxygens (including phenoxy) is 1. The van der Waals surface area contributed by atoms with E-state index in [0.29, 0.717) is 19.8 Å². The van der Waals surface area contributed by atoms with Crippen LogP contribution in [0.5, 0.6) is 0 Å². The van der Waals surface area contributed by atoms with Crippen molar-refractivity contribution < 1.29 is 45.8 Å². The molecule has 0 saturated carbocycles. The summed E-state index contributed by atoms with van der Waals surface area (Å²) in [5.41, 5.74) is 0. The summed E-state index contributed by atoms with van der Waals surface area (Å²) in [6.07, 6.45) is -0.245. The molecular formula is C13H27O6Zr. The minimum atomic E-state index is -2.26. The molecule has 0 aliphatic heterocycles. The molecule has 0 aromatic heterocycles. The average Bonchev–Trinajstić information content (AvgIpc) is 2.28. The van der Waals surface area contributed by atoms with Gasteiger partial charge in [0, 0.05) is 0 Å². The van der Waals surface area contributed by atoms with E-state index < -0.39 is 29.0 Å². The van der Waals surface area contributed by atoms with E-state index >= 15 is 0 Å². The Morgan fingerprint density at radius 3 is 1.60 bits per heavy atom. The summed E-state index contributed by atoms with van der Waals surface area (Å²) in [6.45, 7) is 12.8. The molecule has 119 valence electrons. The van der Waals surface area contributed by atoms with Gasteiger partial charge in [-0.05, 0) is 20.8 Å². The minimum absolute atomic E-state index is 0.113. The van der Waals surface area contributed by atoms with Crippen molar-refractivity contribution in [3.63, 3.8) is 0 Å². The van der Waals surface area contributed by atoms with Crippen LogP contribution in [-0.4, -0.2) is 37.7 Å². The fourth-order valence-electron chi connectivity index (χ4n) is 0.986. The van der Waals surface area contributed by atoms with Gasteiger partial charge in [0.1, 0.15) is 12.2 Å². The summed E-state index contributed by atoms with van der Waals surface area (Å²) >= 11 is -2.26. The Bertz CT molecular complexity index is 243. The van der Waals surface area contributed by atoms with Gasteiger partial charge in [0.05, 0.1) is 6.10 Å². The van der Waals surface area contributed by atoms with Gasteiger partial charge in [0.2, 0.25) is 0 Å². The first-order valence-electron chi connectivity index (χ1n) is 6.81. The molecule has 0 aliphatic carbocycles. The van der Waals surface area contributed by atoms with Crippen LogP contribution in [-0.2, 0) is 45.8 Å². The van der Waals surface area contributed by atoms with Crippen molar-refractivity contribution in [1.29, 1.82) is 0 Å². The molecule has 0 radical (unpaired) electrons. The normalized spacial score (nSPS) is 9.75. The molecule has 20 heavy (non-hydrogen) atoms. The van der Waals surface area contributed by atoms with Crippen LogP contribution in [0.3, 0.4) is 0 Å². The number of carbonyl (C=O) groups excluding carboxylic acids is 2. The van der Waals surface area contributed by atoms with Crippen molar-refractivity contribution >= 4 is 11.8 Å². The molecule has 0 saturated heterocycles. The summed E-state index contributed by atoms with van der Waals surface area (Å²) in [5.74, 6) is -0.604. The van der Waals surface area contributed by atoms with Gasteiger partial charge in [0.25, 0.3) is 0 Å². The molecule has 0 aromatic rings. The molecule has 0 aliphatic rings. The van der Waals surface area contributed by atoms with E-state index in [1.165, 1.54) is 6.92 Å². The molecule has 0 unspecified atom stereocenters. The van der Waals surface area contributed by atoms with Crippen LogP contribution in [0.4, 0.5) is 0 Å². The zero-order chi connectivity index (χ0) is 16.0. The van der Waals surface area contributed by atoms with Crippen LogP contribution in [0, 0.1) is 0 Å². The first-order valence-corrected chi connectivity index (χ1v) is 9.82. The molecule has 0 bridgehead atoms. The maximum absolute atomic E-state index is 10.6. The summed E-state index contributed by atoms with van der Waals surface area (Å²) in [6, 6.07) is 0.